The lowest BCUT2D eigenvalue weighted by Crippen LogP contribution is -2.46. The number of fused-ring (bicyclic) bond motifs is 1. The van der Waals surface area contributed by atoms with Gasteiger partial charge in [0.05, 0.1) is 13.2 Å². The van der Waals surface area contributed by atoms with Gasteiger partial charge in [-0.05, 0) is 24.7 Å². The van der Waals surface area contributed by atoms with Crippen molar-refractivity contribution in [3.05, 3.63) is 0 Å². The first kappa shape index (κ1) is 8.25. The van der Waals surface area contributed by atoms with E-state index in [0.29, 0.717) is 5.54 Å². The molecule has 0 aromatic heterocycles. The van der Waals surface area contributed by atoms with E-state index in [1.165, 1.54) is 32.4 Å². The van der Waals surface area contributed by atoms with E-state index in [0.717, 1.165) is 25.0 Å². The number of morpholine rings is 1. The Labute approximate surface area is 80.2 Å². The number of nitrogens with zero attached hydrogens (tertiary/aromatic N) is 1. The standard InChI is InChI=1S/C11H19NO/c1-9-10-3-2-4-11(9,10)12-5-7-13-8-6-12/h9-10H,2-8H2,1H3/t9-,10+,11+/m1/s1. The van der Waals surface area contributed by atoms with Gasteiger partial charge in [-0.2, -0.15) is 0 Å². The van der Waals surface area contributed by atoms with Crippen LogP contribution in [0, 0.1) is 11.8 Å². The molecule has 3 aliphatic rings. The second-order valence-corrected chi connectivity index (χ2v) is 4.88. The summed E-state index contributed by atoms with van der Waals surface area (Å²) in [4.78, 5) is 2.72. The van der Waals surface area contributed by atoms with Crippen LogP contribution >= 0.6 is 0 Å². The van der Waals surface area contributed by atoms with Crippen molar-refractivity contribution in [1.82, 2.24) is 4.90 Å². The van der Waals surface area contributed by atoms with Crippen LogP contribution in [-0.2, 0) is 4.74 Å². The predicted octanol–water partition coefficient (Wildman–Crippen LogP) is 1.51. The first-order chi connectivity index (χ1) is 6.36. The predicted molar refractivity (Wildman–Crippen MR) is 51.6 cm³/mol. The molecule has 3 atom stereocenters. The van der Waals surface area contributed by atoms with E-state index in [2.05, 4.69) is 11.8 Å². The Bertz CT molecular complexity index is 212. The molecule has 74 valence electrons. The Morgan fingerprint density at radius 1 is 1.31 bits per heavy atom. The fourth-order valence-electron chi connectivity index (χ4n) is 3.89. The summed E-state index contributed by atoms with van der Waals surface area (Å²) in [6, 6.07) is 0. The van der Waals surface area contributed by atoms with Crippen LogP contribution in [0.25, 0.3) is 0 Å². The summed E-state index contributed by atoms with van der Waals surface area (Å²) in [5, 5.41) is 0. The lowest BCUT2D eigenvalue weighted by Gasteiger charge is -2.35. The quantitative estimate of drug-likeness (QED) is 0.608. The zero-order valence-corrected chi connectivity index (χ0v) is 8.46. The summed E-state index contributed by atoms with van der Waals surface area (Å²) in [5.74, 6) is 2.00. The van der Waals surface area contributed by atoms with Crippen molar-refractivity contribution in [3.8, 4) is 0 Å². The highest BCUT2D eigenvalue weighted by atomic mass is 16.5. The van der Waals surface area contributed by atoms with Crippen LogP contribution in [0.3, 0.4) is 0 Å². The van der Waals surface area contributed by atoms with E-state index in [1.54, 1.807) is 0 Å². The van der Waals surface area contributed by atoms with Crippen LogP contribution < -0.4 is 0 Å². The van der Waals surface area contributed by atoms with Gasteiger partial charge in [-0.25, -0.2) is 0 Å². The van der Waals surface area contributed by atoms with Gasteiger partial charge in [0.25, 0.3) is 0 Å². The molecular weight excluding hydrogens is 162 g/mol. The van der Waals surface area contributed by atoms with Gasteiger partial charge < -0.3 is 4.74 Å². The molecule has 0 N–H and O–H groups in total. The van der Waals surface area contributed by atoms with Crippen LogP contribution in [0.2, 0.25) is 0 Å². The first-order valence-electron chi connectivity index (χ1n) is 5.68. The highest BCUT2D eigenvalue weighted by Crippen LogP contribution is 2.64. The van der Waals surface area contributed by atoms with Crippen LogP contribution in [0.15, 0.2) is 0 Å². The van der Waals surface area contributed by atoms with Gasteiger partial charge in [-0.1, -0.05) is 13.3 Å². The Hall–Kier alpha value is -0.0800. The van der Waals surface area contributed by atoms with Crippen LogP contribution in [0.5, 0.6) is 0 Å². The van der Waals surface area contributed by atoms with Crippen molar-refractivity contribution in [2.24, 2.45) is 11.8 Å². The minimum absolute atomic E-state index is 0.643. The van der Waals surface area contributed by atoms with Crippen molar-refractivity contribution in [1.29, 1.82) is 0 Å². The Morgan fingerprint density at radius 3 is 2.69 bits per heavy atom. The number of hydrogen-bond acceptors (Lipinski definition) is 2. The molecular formula is C11H19NO. The summed E-state index contributed by atoms with van der Waals surface area (Å²) in [6.45, 7) is 6.73. The summed E-state index contributed by atoms with van der Waals surface area (Å²) in [7, 11) is 0. The van der Waals surface area contributed by atoms with Crippen LogP contribution in [0.1, 0.15) is 26.2 Å². The molecule has 0 amide bonds. The minimum Gasteiger partial charge on any atom is -0.379 e. The average Bonchev–Trinajstić information content (AvgIpc) is 2.63. The molecule has 3 fully saturated rings. The number of hydrogen-bond donors (Lipinski definition) is 0. The molecule has 2 saturated carbocycles. The summed E-state index contributed by atoms with van der Waals surface area (Å²) >= 11 is 0. The zero-order valence-electron chi connectivity index (χ0n) is 8.46. The summed E-state index contributed by atoms with van der Waals surface area (Å²) in [5.41, 5.74) is 0.643. The molecule has 2 heteroatoms. The van der Waals surface area contributed by atoms with Crippen molar-refractivity contribution >= 4 is 0 Å². The molecule has 3 rings (SSSR count). The van der Waals surface area contributed by atoms with Crippen molar-refractivity contribution in [3.63, 3.8) is 0 Å². The van der Waals surface area contributed by atoms with Crippen molar-refractivity contribution < 1.29 is 4.74 Å². The Morgan fingerprint density at radius 2 is 2.08 bits per heavy atom. The lowest BCUT2D eigenvalue weighted by molar-refractivity contribution is 0.00421. The molecule has 1 saturated heterocycles. The molecule has 1 aliphatic heterocycles. The molecule has 2 nitrogen and oxygen atoms in total. The molecule has 0 spiro atoms. The van der Waals surface area contributed by atoms with Crippen LogP contribution in [-0.4, -0.2) is 36.7 Å². The first-order valence-corrected chi connectivity index (χ1v) is 5.68. The summed E-state index contributed by atoms with van der Waals surface area (Å²) < 4.78 is 5.42. The van der Waals surface area contributed by atoms with E-state index >= 15 is 0 Å². The number of ether oxygens (including phenoxy) is 1. The van der Waals surface area contributed by atoms with E-state index in [1.807, 2.05) is 0 Å². The zero-order chi connectivity index (χ0) is 8.89. The maximum Gasteiger partial charge on any atom is 0.0594 e. The van der Waals surface area contributed by atoms with Gasteiger partial charge in [0.2, 0.25) is 0 Å². The molecule has 0 unspecified atom stereocenters. The van der Waals surface area contributed by atoms with Gasteiger partial charge in [0, 0.05) is 18.6 Å². The van der Waals surface area contributed by atoms with Gasteiger partial charge >= 0.3 is 0 Å². The number of rotatable bonds is 1. The lowest BCUT2D eigenvalue weighted by atomic mass is 10.1. The topological polar surface area (TPSA) is 12.5 Å². The summed E-state index contributed by atoms with van der Waals surface area (Å²) in [6.07, 6.45) is 4.41. The third kappa shape index (κ3) is 0.962. The Kier molecular flexibility index (Phi) is 1.72. The van der Waals surface area contributed by atoms with E-state index in [-0.39, 0.29) is 0 Å². The third-order valence-electron chi connectivity index (χ3n) is 4.62. The molecule has 1 heterocycles. The highest BCUT2D eigenvalue weighted by molar-refractivity contribution is 5.20. The Balaban J connectivity index is 1.76. The van der Waals surface area contributed by atoms with Crippen molar-refractivity contribution in [2.75, 3.05) is 26.3 Å². The van der Waals surface area contributed by atoms with E-state index in [4.69, 9.17) is 4.74 Å². The van der Waals surface area contributed by atoms with Crippen molar-refractivity contribution in [2.45, 2.75) is 31.7 Å². The van der Waals surface area contributed by atoms with E-state index in [9.17, 15) is 0 Å². The second kappa shape index (κ2) is 2.71. The fraction of sp³-hybridized carbons (Fsp3) is 1.00. The normalized spacial score (nSPS) is 50.5. The molecule has 0 radical (unpaired) electrons. The third-order valence-corrected chi connectivity index (χ3v) is 4.62. The average molecular weight is 181 g/mol. The molecule has 13 heavy (non-hydrogen) atoms. The van der Waals surface area contributed by atoms with Gasteiger partial charge in [0.1, 0.15) is 0 Å². The maximum absolute atomic E-state index is 5.42. The smallest absolute Gasteiger partial charge is 0.0594 e. The minimum atomic E-state index is 0.643. The van der Waals surface area contributed by atoms with Crippen LogP contribution in [0.4, 0.5) is 0 Å². The SMILES string of the molecule is C[C@@H]1[C@@H]2CCC[C@]12N1CCOCC1. The second-order valence-electron chi connectivity index (χ2n) is 4.88. The fourth-order valence-corrected chi connectivity index (χ4v) is 3.89. The van der Waals surface area contributed by atoms with Gasteiger partial charge in [-0.3, -0.25) is 4.90 Å². The maximum atomic E-state index is 5.42. The monoisotopic (exact) mass is 181 g/mol. The molecule has 0 bridgehead atoms. The highest BCUT2D eigenvalue weighted by Gasteiger charge is 2.66. The van der Waals surface area contributed by atoms with Gasteiger partial charge in [-0.15, -0.1) is 0 Å². The largest absolute Gasteiger partial charge is 0.379 e. The molecule has 0 aromatic carbocycles. The molecule has 2 aliphatic carbocycles. The van der Waals surface area contributed by atoms with E-state index < -0.39 is 0 Å². The van der Waals surface area contributed by atoms with Gasteiger partial charge in [0.15, 0.2) is 0 Å². The molecule has 0 aromatic rings.